The van der Waals surface area contributed by atoms with Crippen molar-refractivity contribution in [3.8, 4) is 5.75 Å². The summed E-state index contributed by atoms with van der Waals surface area (Å²) in [7, 11) is 0. The summed E-state index contributed by atoms with van der Waals surface area (Å²) in [4.78, 5) is 7.67. The van der Waals surface area contributed by atoms with E-state index in [0.29, 0.717) is 25.4 Å². The molecule has 2 aliphatic rings. The molecule has 29 heavy (non-hydrogen) atoms. The zero-order valence-electron chi connectivity index (χ0n) is 17.0. The number of hydrogen-bond acceptors (Lipinski definition) is 3. The first-order chi connectivity index (χ1) is 13.8. The minimum absolute atomic E-state index is 0.260. The molecule has 1 unspecified atom stereocenters. The maximum atomic E-state index is 11.8. The van der Waals surface area contributed by atoms with Crippen molar-refractivity contribution in [1.82, 2.24) is 9.97 Å². The lowest BCUT2D eigenvalue weighted by Gasteiger charge is -2.37. The van der Waals surface area contributed by atoms with E-state index in [0.717, 1.165) is 52.2 Å². The van der Waals surface area contributed by atoms with Crippen LogP contribution in [0.5, 0.6) is 5.75 Å². The number of rotatable bonds is 6. The van der Waals surface area contributed by atoms with Gasteiger partial charge in [0.1, 0.15) is 5.75 Å². The number of benzene rings is 1. The Labute approximate surface area is 176 Å². The van der Waals surface area contributed by atoms with E-state index in [9.17, 15) is 5.11 Å². The lowest BCUT2D eigenvalue weighted by atomic mass is 9.71. The molecule has 0 spiro atoms. The molecule has 2 N–H and O–H groups in total. The summed E-state index contributed by atoms with van der Waals surface area (Å²) in [6, 6.07) is 8.12. The van der Waals surface area contributed by atoms with Gasteiger partial charge >= 0.3 is 0 Å². The molecule has 1 saturated carbocycles. The molecule has 1 atom stereocenters. The van der Waals surface area contributed by atoms with Gasteiger partial charge in [-0.15, -0.1) is 0 Å². The summed E-state index contributed by atoms with van der Waals surface area (Å²) in [6.07, 6.45) is 7.99. The smallest absolute Gasteiger partial charge is 0.126 e. The molecule has 0 bridgehead atoms. The maximum Gasteiger partial charge on any atom is 0.126 e. The number of ether oxygens (including phenoxy) is 1. The largest absolute Gasteiger partial charge is 0.493 e. The number of pyridine rings is 1. The van der Waals surface area contributed by atoms with Gasteiger partial charge in [-0.2, -0.15) is 0 Å². The number of nitrogens with one attached hydrogen (secondary N) is 1. The number of nitrogens with zero attached hydrogens (tertiary/aromatic N) is 1. The maximum absolute atomic E-state index is 11.8. The Balaban J connectivity index is 1.47. The normalized spacial score (nSPS) is 18.5. The SMILES string of the molecule is CC(C)(CC(O)(Cc1cc2cnccc2[nH]1)C1CC1)c1cc(Cl)cc2c1OCC2. The molecule has 1 fully saturated rings. The Morgan fingerprint density at radius 1 is 1.28 bits per heavy atom. The van der Waals surface area contributed by atoms with Gasteiger partial charge in [0.05, 0.1) is 12.2 Å². The molecule has 0 saturated heterocycles. The second-order valence-electron chi connectivity index (χ2n) is 9.41. The fraction of sp³-hybridized carbons (Fsp3) is 0.458. The third-order valence-electron chi connectivity index (χ3n) is 6.54. The minimum Gasteiger partial charge on any atom is -0.493 e. The number of aliphatic hydroxyl groups is 1. The van der Waals surface area contributed by atoms with Crippen LogP contribution in [0.15, 0.2) is 36.7 Å². The molecule has 4 nitrogen and oxygen atoms in total. The van der Waals surface area contributed by atoms with E-state index >= 15 is 0 Å². The second-order valence-corrected chi connectivity index (χ2v) is 9.85. The molecular formula is C24H27ClN2O2. The molecule has 3 aromatic rings. The van der Waals surface area contributed by atoms with Crippen LogP contribution in [0.25, 0.3) is 10.9 Å². The zero-order chi connectivity index (χ0) is 20.2. The summed E-state index contributed by atoms with van der Waals surface area (Å²) in [6.45, 7) is 5.10. The Morgan fingerprint density at radius 2 is 2.10 bits per heavy atom. The lowest BCUT2D eigenvalue weighted by molar-refractivity contribution is -0.00889. The molecular weight excluding hydrogens is 384 g/mol. The predicted molar refractivity (Wildman–Crippen MR) is 116 cm³/mol. The van der Waals surface area contributed by atoms with Gasteiger partial charge in [-0.3, -0.25) is 4.98 Å². The molecule has 0 radical (unpaired) electrons. The molecule has 5 rings (SSSR count). The van der Waals surface area contributed by atoms with Crippen LogP contribution in [0.3, 0.4) is 0 Å². The van der Waals surface area contributed by atoms with Gasteiger partial charge in [0.2, 0.25) is 0 Å². The summed E-state index contributed by atoms with van der Waals surface area (Å²) < 4.78 is 5.97. The number of halogens is 1. The Hall–Kier alpha value is -2.04. The highest BCUT2D eigenvalue weighted by molar-refractivity contribution is 6.30. The van der Waals surface area contributed by atoms with Gasteiger partial charge in [-0.25, -0.2) is 0 Å². The summed E-state index contributed by atoms with van der Waals surface area (Å²) in [5.41, 5.74) is 3.38. The number of H-pyrrole nitrogens is 1. The van der Waals surface area contributed by atoms with Crippen molar-refractivity contribution >= 4 is 22.5 Å². The van der Waals surface area contributed by atoms with E-state index in [-0.39, 0.29) is 5.41 Å². The van der Waals surface area contributed by atoms with Crippen LogP contribution in [0, 0.1) is 5.92 Å². The van der Waals surface area contributed by atoms with Crippen LogP contribution in [-0.2, 0) is 18.3 Å². The molecule has 2 aromatic heterocycles. The van der Waals surface area contributed by atoms with Crippen LogP contribution >= 0.6 is 11.6 Å². The van der Waals surface area contributed by atoms with Gasteiger partial charge in [-0.05, 0) is 60.4 Å². The van der Waals surface area contributed by atoms with E-state index < -0.39 is 5.60 Å². The number of fused-ring (bicyclic) bond motifs is 2. The molecule has 0 amide bonds. The highest BCUT2D eigenvalue weighted by Gasteiger charge is 2.48. The third-order valence-corrected chi connectivity index (χ3v) is 6.75. The topological polar surface area (TPSA) is 58.1 Å². The molecule has 1 aromatic carbocycles. The molecule has 5 heteroatoms. The average molecular weight is 411 g/mol. The van der Waals surface area contributed by atoms with Crippen molar-refractivity contribution in [2.45, 2.75) is 57.0 Å². The first kappa shape index (κ1) is 19.0. The van der Waals surface area contributed by atoms with E-state index in [4.69, 9.17) is 16.3 Å². The quantitative estimate of drug-likeness (QED) is 0.587. The monoisotopic (exact) mass is 410 g/mol. The average Bonchev–Trinajstić information content (AvgIpc) is 3.30. The van der Waals surface area contributed by atoms with Gasteiger partial charge < -0.3 is 14.8 Å². The van der Waals surface area contributed by atoms with Gasteiger partial charge in [-0.1, -0.05) is 25.4 Å². The van der Waals surface area contributed by atoms with Crippen molar-refractivity contribution in [1.29, 1.82) is 0 Å². The highest BCUT2D eigenvalue weighted by atomic mass is 35.5. The van der Waals surface area contributed by atoms with Crippen LogP contribution in [-0.4, -0.2) is 27.3 Å². The van der Waals surface area contributed by atoms with Gasteiger partial charge in [0.15, 0.2) is 0 Å². The standard InChI is InChI=1S/C24H27ClN2O2/c1-23(2,20-11-18(25)9-15-6-8-29-22(15)20)14-24(28,17-3-4-17)12-19-10-16-13-26-7-5-21(16)27-19/h5,7,9-11,13,17,27-28H,3-4,6,8,12,14H2,1-2H3. The summed E-state index contributed by atoms with van der Waals surface area (Å²) >= 11 is 6.43. The van der Waals surface area contributed by atoms with Crippen molar-refractivity contribution in [2.24, 2.45) is 5.92 Å². The van der Waals surface area contributed by atoms with E-state index in [1.807, 2.05) is 24.4 Å². The number of aromatic nitrogens is 2. The van der Waals surface area contributed by atoms with Crippen LogP contribution in [0.2, 0.25) is 5.02 Å². The van der Waals surface area contributed by atoms with Crippen LogP contribution in [0.4, 0.5) is 0 Å². The predicted octanol–water partition coefficient (Wildman–Crippen LogP) is 5.20. The van der Waals surface area contributed by atoms with E-state index in [1.54, 1.807) is 6.20 Å². The molecule has 3 heterocycles. The fourth-order valence-corrected chi connectivity index (χ4v) is 5.30. The number of aromatic amines is 1. The highest BCUT2D eigenvalue weighted by Crippen LogP contribution is 2.50. The fourth-order valence-electron chi connectivity index (χ4n) is 5.06. The summed E-state index contributed by atoms with van der Waals surface area (Å²) in [5.74, 6) is 1.30. The van der Waals surface area contributed by atoms with Crippen LogP contribution in [0.1, 0.15) is 49.9 Å². The van der Waals surface area contributed by atoms with Crippen molar-refractivity contribution in [2.75, 3.05) is 6.61 Å². The first-order valence-corrected chi connectivity index (χ1v) is 10.8. The molecule has 1 aliphatic carbocycles. The van der Waals surface area contributed by atoms with Gasteiger partial charge in [0, 0.05) is 52.4 Å². The van der Waals surface area contributed by atoms with E-state index in [1.165, 1.54) is 5.56 Å². The van der Waals surface area contributed by atoms with E-state index in [2.05, 4.69) is 29.9 Å². The minimum atomic E-state index is -0.772. The van der Waals surface area contributed by atoms with Crippen LogP contribution < -0.4 is 4.74 Å². The van der Waals surface area contributed by atoms with Crippen molar-refractivity contribution < 1.29 is 9.84 Å². The number of hydrogen-bond donors (Lipinski definition) is 2. The lowest BCUT2D eigenvalue weighted by Crippen LogP contribution is -2.41. The molecule has 1 aliphatic heterocycles. The van der Waals surface area contributed by atoms with Crippen molar-refractivity contribution in [3.05, 3.63) is 58.5 Å². The zero-order valence-corrected chi connectivity index (χ0v) is 17.7. The van der Waals surface area contributed by atoms with Crippen molar-refractivity contribution in [3.63, 3.8) is 0 Å². The Morgan fingerprint density at radius 3 is 2.86 bits per heavy atom. The first-order valence-electron chi connectivity index (χ1n) is 10.4. The van der Waals surface area contributed by atoms with Gasteiger partial charge in [0.25, 0.3) is 0 Å². The third kappa shape index (κ3) is 3.53. The Bertz CT molecular complexity index is 1040. The second kappa shape index (κ2) is 6.75. The molecule has 152 valence electrons. The Kier molecular flexibility index (Phi) is 4.41. The summed E-state index contributed by atoms with van der Waals surface area (Å²) in [5, 5.41) is 13.7.